The van der Waals surface area contributed by atoms with Crippen molar-refractivity contribution >= 4 is 34.5 Å². The molecule has 0 unspecified atom stereocenters. The van der Waals surface area contributed by atoms with Crippen molar-refractivity contribution in [3.63, 3.8) is 0 Å². The Hall–Kier alpha value is 0.240. The number of halogens is 2. The summed E-state index contributed by atoms with van der Waals surface area (Å²) in [5.41, 5.74) is 0. The molecule has 1 nitrogen and oxygen atoms in total. The van der Waals surface area contributed by atoms with Crippen LogP contribution in [0.5, 0.6) is 0 Å². The van der Waals surface area contributed by atoms with E-state index >= 15 is 0 Å². The molecule has 0 saturated heterocycles. The summed E-state index contributed by atoms with van der Waals surface area (Å²) in [6.07, 6.45) is 1.03. The molecular formula is C8H11Cl2NS. The summed E-state index contributed by atoms with van der Waals surface area (Å²) < 4.78 is 0.860. The van der Waals surface area contributed by atoms with E-state index < -0.39 is 0 Å². The van der Waals surface area contributed by atoms with Crippen LogP contribution >= 0.6 is 34.5 Å². The van der Waals surface area contributed by atoms with Gasteiger partial charge in [0, 0.05) is 11.4 Å². The van der Waals surface area contributed by atoms with Crippen LogP contribution < -0.4 is 0 Å². The maximum atomic E-state index is 5.79. The Morgan fingerprint density at radius 3 is 2.75 bits per heavy atom. The van der Waals surface area contributed by atoms with E-state index in [4.69, 9.17) is 23.2 Å². The zero-order valence-corrected chi connectivity index (χ0v) is 9.22. The first kappa shape index (κ1) is 10.3. The standard InChI is InChI=1S/C8H11Cl2NS/c1-11(6-9)5-4-7-2-3-8(10)12-7/h2-3H,4-6H2,1H3. The van der Waals surface area contributed by atoms with Crippen LogP contribution in [-0.4, -0.2) is 24.5 Å². The highest BCUT2D eigenvalue weighted by atomic mass is 35.5. The fraction of sp³-hybridized carbons (Fsp3) is 0.500. The molecule has 0 aromatic carbocycles. The maximum absolute atomic E-state index is 5.79. The van der Waals surface area contributed by atoms with Crippen molar-refractivity contribution in [2.24, 2.45) is 0 Å². The van der Waals surface area contributed by atoms with Crippen molar-refractivity contribution < 1.29 is 0 Å². The van der Waals surface area contributed by atoms with Crippen LogP contribution in [0.4, 0.5) is 0 Å². The summed E-state index contributed by atoms with van der Waals surface area (Å²) in [6, 6.07) is 4.58. The van der Waals surface area contributed by atoms with Gasteiger partial charge < -0.3 is 0 Å². The number of alkyl halides is 1. The van der Waals surface area contributed by atoms with Crippen molar-refractivity contribution in [3.05, 3.63) is 21.3 Å². The minimum Gasteiger partial charge on any atom is -0.293 e. The molecule has 0 atom stereocenters. The summed E-state index contributed by atoms with van der Waals surface area (Å²) in [5.74, 6) is 0. The Labute approximate surface area is 86.9 Å². The Bertz CT molecular complexity index is 237. The second-order valence-electron chi connectivity index (χ2n) is 2.66. The summed E-state index contributed by atoms with van der Waals surface area (Å²) in [4.78, 5) is 3.38. The normalized spacial score (nSPS) is 11.0. The van der Waals surface area contributed by atoms with Gasteiger partial charge in [-0.2, -0.15) is 0 Å². The molecule has 1 aromatic rings. The molecule has 0 aliphatic heterocycles. The summed E-state index contributed by atoms with van der Waals surface area (Å²) in [5, 5.41) is 0. The van der Waals surface area contributed by atoms with Crippen LogP contribution in [0.3, 0.4) is 0 Å². The van der Waals surface area contributed by atoms with Crippen LogP contribution in [0.1, 0.15) is 4.88 Å². The number of hydrogen-bond acceptors (Lipinski definition) is 2. The highest BCUT2D eigenvalue weighted by Gasteiger charge is 1.99. The molecule has 0 saturated carbocycles. The molecule has 0 radical (unpaired) electrons. The van der Waals surface area contributed by atoms with E-state index in [2.05, 4.69) is 11.0 Å². The van der Waals surface area contributed by atoms with E-state index in [1.54, 1.807) is 11.3 Å². The fourth-order valence-electron chi connectivity index (χ4n) is 0.847. The van der Waals surface area contributed by atoms with Gasteiger partial charge in [-0.3, -0.25) is 4.90 Å². The molecule has 0 aliphatic carbocycles. The molecule has 0 aliphatic rings. The average Bonchev–Trinajstić information content (AvgIpc) is 2.47. The van der Waals surface area contributed by atoms with E-state index in [0.717, 1.165) is 17.3 Å². The number of rotatable bonds is 4. The van der Waals surface area contributed by atoms with Crippen LogP contribution in [-0.2, 0) is 6.42 Å². The second-order valence-corrected chi connectivity index (χ2v) is 4.69. The zero-order chi connectivity index (χ0) is 8.97. The highest BCUT2D eigenvalue weighted by Crippen LogP contribution is 2.21. The lowest BCUT2D eigenvalue weighted by molar-refractivity contribution is 0.395. The number of likely N-dealkylation sites (N-methyl/N-ethyl adjacent to an activating group) is 1. The minimum absolute atomic E-state index is 0.582. The number of thiophene rings is 1. The molecule has 1 heterocycles. The van der Waals surface area contributed by atoms with Gasteiger partial charge in [0.2, 0.25) is 0 Å². The third-order valence-corrected chi connectivity index (χ3v) is 3.27. The predicted molar refractivity (Wildman–Crippen MR) is 56.4 cm³/mol. The SMILES string of the molecule is CN(CCl)CCc1ccc(Cl)s1. The second kappa shape index (κ2) is 5.07. The molecule has 0 spiro atoms. The lowest BCUT2D eigenvalue weighted by Gasteiger charge is -2.10. The highest BCUT2D eigenvalue weighted by molar-refractivity contribution is 7.16. The van der Waals surface area contributed by atoms with Gasteiger partial charge in [0.1, 0.15) is 0 Å². The minimum atomic E-state index is 0.582. The van der Waals surface area contributed by atoms with Gasteiger partial charge in [-0.1, -0.05) is 11.6 Å². The van der Waals surface area contributed by atoms with Crippen molar-refractivity contribution in [3.8, 4) is 0 Å². The summed E-state index contributed by atoms with van der Waals surface area (Å²) >= 11 is 13.1. The van der Waals surface area contributed by atoms with Crippen molar-refractivity contribution in [1.82, 2.24) is 4.90 Å². The van der Waals surface area contributed by atoms with Crippen LogP contribution in [0.15, 0.2) is 12.1 Å². The largest absolute Gasteiger partial charge is 0.293 e. The average molecular weight is 224 g/mol. The molecule has 0 fully saturated rings. The van der Waals surface area contributed by atoms with Gasteiger partial charge in [0.15, 0.2) is 0 Å². The third kappa shape index (κ3) is 3.31. The van der Waals surface area contributed by atoms with Gasteiger partial charge in [0.25, 0.3) is 0 Å². The van der Waals surface area contributed by atoms with Gasteiger partial charge >= 0.3 is 0 Å². The van der Waals surface area contributed by atoms with E-state index in [9.17, 15) is 0 Å². The quantitative estimate of drug-likeness (QED) is 0.561. The smallest absolute Gasteiger partial charge is 0.0931 e. The molecule has 0 bridgehead atoms. The Kier molecular flexibility index (Phi) is 4.36. The molecule has 1 aromatic heterocycles. The summed E-state index contributed by atoms with van der Waals surface area (Å²) in [6.45, 7) is 0.986. The fourth-order valence-corrected chi connectivity index (χ4v) is 2.04. The Morgan fingerprint density at radius 2 is 2.25 bits per heavy atom. The maximum Gasteiger partial charge on any atom is 0.0931 e. The number of nitrogens with zero attached hydrogens (tertiary/aromatic N) is 1. The van der Waals surface area contributed by atoms with Crippen LogP contribution in [0.2, 0.25) is 4.34 Å². The predicted octanol–water partition coefficient (Wildman–Crippen LogP) is 3.07. The number of hydrogen-bond donors (Lipinski definition) is 0. The van der Waals surface area contributed by atoms with E-state index in [-0.39, 0.29) is 0 Å². The molecule has 12 heavy (non-hydrogen) atoms. The van der Waals surface area contributed by atoms with Crippen molar-refractivity contribution in [2.75, 3.05) is 19.6 Å². The molecule has 68 valence electrons. The Morgan fingerprint density at radius 1 is 1.50 bits per heavy atom. The molecule has 0 amide bonds. The van der Waals surface area contributed by atoms with E-state index in [1.165, 1.54) is 4.88 Å². The van der Waals surface area contributed by atoms with Gasteiger partial charge in [0.05, 0.1) is 10.3 Å². The first-order valence-corrected chi connectivity index (χ1v) is 5.44. The van der Waals surface area contributed by atoms with Crippen LogP contribution in [0, 0.1) is 0 Å². The molecule has 4 heteroatoms. The lowest BCUT2D eigenvalue weighted by Crippen LogP contribution is -2.18. The van der Waals surface area contributed by atoms with E-state index in [0.29, 0.717) is 6.00 Å². The molecule has 1 rings (SSSR count). The van der Waals surface area contributed by atoms with Crippen molar-refractivity contribution in [1.29, 1.82) is 0 Å². The van der Waals surface area contributed by atoms with Crippen molar-refractivity contribution in [2.45, 2.75) is 6.42 Å². The molecular weight excluding hydrogens is 213 g/mol. The molecule has 0 N–H and O–H groups in total. The Balaban J connectivity index is 2.33. The summed E-state index contributed by atoms with van der Waals surface area (Å²) in [7, 11) is 2.00. The lowest BCUT2D eigenvalue weighted by atomic mass is 10.3. The van der Waals surface area contributed by atoms with Gasteiger partial charge in [-0.05, 0) is 25.6 Å². The van der Waals surface area contributed by atoms with E-state index in [1.807, 2.05) is 13.1 Å². The zero-order valence-electron chi connectivity index (χ0n) is 6.89. The van der Waals surface area contributed by atoms with Crippen LogP contribution in [0.25, 0.3) is 0 Å². The third-order valence-electron chi connectivity index (χ3n) is 1.57. The first-order chi connectivity index (χ1) is 5.72. The van der Waals surface area contributed by atoms with Gasteiger partial charge in [-0.25, -0.2) is 0 Å². The monoisotopic (exact) mass is 223 g/mol. The topological polar surface area (TPSA) is 3.24 Å². The first-order valence-electron chi connectivity index (χ1n) is 3.71. The van der Waals surface area contributed by atoms with Gasteiger partial charge in [-0.15, -0.1) is 22.9 Å².